The van der Waals surface area contributed by atoms with Crippen LogP contribution in [0.5, 0.6) is 0 Å². The molecule has 0 saturated heterocycles. The molecule has 1 aliphatic carbocycles. The summed E-state index contributed by atoms with van der Waals surface area (Å²) in [5.74, 6) is -0.559. The van der Waals surface area contributed by atoms with Crippen molar-refractivity contribution in [3.63, 3.8) is 0 Å². The molecule has 27 heavy (non-hydrogen) atoms. The first-order chi connectivity index (χ1) is 12.9. The number of benzene rings is 1. The van der Waals surface area contributed by atoms with E-state index >= 15 is 0 Å². The Balaban J connectivity index is 1.61. The highest BCUT2D eigenvalue weighted by Gasteiger charge is 2.35. The summed E-state index contributed by atoms with van der Waals surface area (Å²) in [7, 11) is 1.70. The molecule has 1 aliphatic heterocycles. The third-order valence-corrected chi connectivity index (χ3v) is 4.48. The zero-order valence-corrected chi connectivity index (χ0v) is 14.9. The molecule has 9 nitrogen and oxygen atoms in total. The molecule has 4 rings (SSSR count). The van der Waals surface area contributed by atoms with Crippen molar-refractivity contribution in [1.29, 1.82) is 0 Å². The minimum Gasteiger partial charge on any atom is -0.366 e. The molecule has 2 amide bonds. The molecular formula is C18H18N6O3. The summed E-state index contributed by atoms with van der Waals surface area (Å²) in [6.07, 6.45) is 2.00. The second-order valence-electron chi connectivity index (χ2n) is 6.57. The zero-order chi connectivity index (χ0) is 19.1. The van der Waals surface area contributed by atoms with Gasteiger partial charge in [0, 0.05) is 31.4 Å². The highest BCUT2D eigenvalue weighted by atomic mass is 16.2. The monoisotopic (exact) mass is 366 g/mol. The van der Waals surface area contributed by atoms with E-state index in [-0.39, 0.29) is 29.3 Å². The number of Topliss-reactive ketones (excluding diaryl/α,β-unsaturated/α-hetero) is 1. The fraction of sp³-hybridized carbons (Fsp3) is 0.278. The Kier molecular flexibility index (Phi) is 3.98. The summed E-state index contributed by atoms with van der Waals surface area (Å²) in [5, 5.41) is 8.73. The topological polar surface area (TPSA) is 116 Å². The molecule has 138 valence electrons. The molecule has 1 fully saturated rings. The zero-order valence-electron chi connectivity index (χ0n) is 14.9. The molecule has 2 aliphatic rings. The van der Waals surface area contributed by atoms with Gasteiger partial charge in [0.05, 0.1) is 0 Å². The van der Waals surface area contributed by atoms with Crippen molar-refractivity contribution in [2.45, 2.75) is 25.8 Å². The summed E-state index contributed by atoms with van der Waals surface area (Å²) in [6.45, 7) is 1.49. The van der Waals surface area contributed by atoms with E-state index in [9.17, 15) is 14.4 Å². The second kappa shape index (κ2) is 6.35. The fourth-order valence-corrected chi connectivity index (χ4v) is 2.70. The number of fused-ring (bicyclic) bond motifs is 1. The predicted octanol–water partition coefficient (Wildman–Crippen LogP) is 1.91. The first-order valence-electron chi connectivity index (χ1n) is 8.58. The van der Waals surface area contributed by atoms with Gasteiger partial charge in [-0.2, -0.15) is 9.97 Å². The Bertz CT molecular complexity index is 952. The van der Waals surface area contributed by atoms with Gasteiger partial charge < -0.3 is 20.9 Å². The molecule has 0 radical (unpaired) electrons. The van der Waals surface area contributed by atoms with Crippen LogP contribution in [0.2, 0.25) is 0 Å². The van der Waals surface area contributed by atoms with Crippen molar-refractivity contribution in [3.05, 3.63) is 29.8 Å². The molecule has 0 unspecified atom stereocenters. The van der Waals surface area contributed by atoms with Crippen LogP contribution in [0.3, 0.4) is 0 Å². The standard InChI is InChI=1S/C18H18N6O3/c1-9(25)24(2)12-7-5-11(6-8-12)20-18-22-15(19-10-3-4-10)13-14(26)17(27)21-16(13)23-18/h5-8,10H,3-4H2,1-2H3,(H3,19,20,21,22,23,26,27). The average Bonchev–Trinajstić information content (AvgIpc) is 3.40. The van der Waals surface area contributed by atoms with E-state index in [1.165, 1.54) is 11.8 Å². The number of carbonyl (C=O) groups is 3. The van der Waals surface area contributed by atoms with Crippen molar-refractivity contribution in [2.75, 3.05) is 27.9 Å². The lowest BCUT2D eigenvalue weighted by Crippen LogP contribution is -2.22. The second-order valence-corrected chi connectivity index (χ2v) is 6.57. The Morgan fingerprint density at radius 3 is 2.52 bits per heavy atom. The number of amides is 2. The molecule has 2 aromatic rings. The summed E-state index contributed by atoms with van der Waals surface area (Å²) in [5.41, 5.74) is 1.66. The number of carbonyl (C=O) groups excluding carboxylic acids is 3. The van der Waals surface area contributed by atoms with Crippen molar-refractivity contribution in [1.82, 2.24) is 9.97 Å². The maximum absolute atomic E-state index is 12.1. The first-order valence-corrected chi connectivity index (χ1v) is 8.58. The van der Waals surface area contributed by atoms with Crippen molar-refractivity contribution in [2.24, 2.45) is 0 Å². The number of ketones is 1. The van der Waals surface area contributed by atoms with E-state index in [1.54, 1.807) is 31.3 Å². The first kappa shape index (κ1) is 17.0. The van der Waals surface area contributed by atoms with Crippen LogP contribution in [0.4, 0.5) is 29.0 Å². The Hall–Kier alpha value is -3.49. The summed E-state index contributed by atoms with van der Waals surface area (Å²) >= 11 is 0. The maximum atomic E-state index is 12.1. The Labute approximate surface area is 155 Å². The minimum atomic E-state index is -0.702. The molecule has 0 spiro atoms. The normalized spacial score (nSPS) is 15.2. The van der Waals surface area contributed by atoms with Gasteiger partial charge in [-0.3, -0.25) is 14.4 Å². The average molecular weight is 366 g/mol. The van der Waals surface area contributed by atoms with E-state index in [0.29, 0.717) is 11.5 Å². The molecule has 1 aromatic carbocycles. The van der Waals surface area contributed by atoms with Gasteiger partial charge in [-0.25, -0.2) is 0 Å². The highest BCUT2D eigenvalue weighted by Crippen LogP contribution is 2.33. The van der Waals surface area contributed by atoms with Crippen LogP contribution >= 0.6 is 0 Å². The van der Waals surface area contributed by atoms with E-state index < -0.39 is 11.7 Å². The van der Waals surface area contributed by atoms with Gasteiger partial charge >= 0.3 is 0 Å². The van der Waals surface area contributed by atoms with Crippen LogP contribution in [0.25, 0.3) is 0 Å². The number of nitrogens with zero attached hydrogens (tertiary/aromatic N) is 3. The molecule has 0 atom stereocenters. The highest BCUT2D eigenvalue weighted by molar-refractivity contribution is 6.52. The molecule has 1 aromatic heterocycles. The van der Waals surface area contributed by atoms with Gasteiger partial charge in [0.25, 0.3) is 11.7 Å². The largest absolute Gasteiger partial charge is 0.366 e. The lowest BCUT2D eigenvalue weighted by molar-refractivity contribution is -0.116. The number of hydrogen-bond donors (Lipinski definition) is 3. The van der Waals surface area contributed by atoms with E-state index in [4.69, 9.17) is 0 Å². The number of rotatable bonds is 5. The molecule has 2 heterocycles. The fourth-order valence-electron chi connectivity index (χ4n) is 2.70. The van der Waals surface area contributed by atoms with Crippen LogP contribution in [0.15, 0.2) is 24.3 Å². The van der Waals surface area contributed by atoms with Crippen molar-refractivity contribution >= 4 is 46.6 Å². The van der Waals surface area contributed by atoms with Gasteiger partial charge in [0.2, 0.25) is 11.9 Å². The molecule has 9 heteroatoms. The summed E-state index contributed by atoms with van der Waals surface area (Å²) in [4.78, 5) is 45.4. The van der Waals surface area contributed by atoms with Crippen molar-refractivity contribution in [3.8, 4) is 0 Å². The third kappa shape index (κ3) is 3.31. The molecule has 0 bridgehead atoms. The van der Waals surface area contributed by atoms with Gasteiger partial charge in [-0.05, 0) is 37.1 Å². The molecule has 3 N–H and O–H groups in total. The van der Waals surface area contributed by atoms with Crippen LogP contribution in [0.1, 0.15) is 30.1 Å². The number of aromatic nitrogens is 2. The van der Waals surface area contributed by atoms with Gasteiger partial charge in [0.15, 0.2) is 5.82 Å². The van der Waals surface area contributed by atoms with E-state index in [0.717, 1.165) is 18.5 Å². The summed E-state index contributed by atoms with van der Waals surface area (Å²) in [6, 6.07) is 7.45. The predicted molar refractivity (Wildman–Crippen MR) is 100 cm³/mol. The quantitative estimate of drug-likeness (QED) is 0.692. The third-order valence-electron chi connectivity index (χ3n) is 4.48. The van der Waals surface area contributed by atoms with Gasteiger partial charge in [-0.15, -0.1) is 0 Å². The Morgan fingerprint density at radius 1 is 1.19 bits per heavy atom. The lowest BCUT2D eigenvalue weighted by Gasteiger charge is -2.15. The number of hydrogen-bond acceptors (Lipinski definition) is 7. The van der Waals surface area contributed by atoms with Gasteiger partial charge in [-0.1, -0.05) is 0 Å². The number of nitrogens with one attached hydrogen (secondary N) is 3. The minimum absolute atomic E-state index is 0.0612. The summed E-state index contributed by atoms with van der Waals surface area (Å²) < 4.78 is 0. The van der Waals surface area contributed by atoms with E-state index in [2.05, 4.69) is 25.9 Å². The Morgan fingerprint density at radius 2 is 1.89 bits per heavy atom. The van der Waals surface area contributed by atoms with Crippen LogP contribution in [0, 0.1) is 0 Å². The molecule has 1 saturated carbocycles. The molecular weight excluding hydrogens is 348 g/mol. The SMILES string of the molecule is CC(=O)N(C)c1ccc(Nc2nc3c(c(NC4CC4)n2)C(=O)C(=O)N3)cc1. The van der Waals surface area contributed by atoms with Gasteiger partial charge in [0.1, 0.15) is 11.4 Å². The van der Waals surface area contributed by atoms with Crippen LogP contribution < -0.4 is 20.9 Å². The van der Waals surface area contributed by atoms with Crippen LogP contribution in [-0.4, -0.2) is 40.7 Å². The van der Waals surface area contributed by atoms with Crippen molar-refractivity contribution < 1.29 is 14.4 Å². The maximum Gasteiger partial charge on any atom is 0.298 e. The number of anilines is 5. The van der Waals surface area contributed by atoms with E-state index in [1.807, 2.05) is 0 Å². The van der Waals surface area contributed by atoms with Crippen LogP contribution in [-0.2, 0) is 9.59 Å². The lowest BCUT2D eigenvalue weighted by atomic mass is 10.2. The smallest absolute Gasteiger partial charge is 0.298 e.